The van der Waals surface area contributed by atoms with Gasteiger partial charge in [-0.3, -0.25) is 0 Å². The van der Waals surface area contributed by atoms with E-state index < -0.39 is 5.60 Å². The molecule has 1 aromatic rings. The van der Waals surface area contributed by atoms with E-state index in [9.17, 15) is 5.11 Å². The molecule has 1 heteroatoms. The zero-order chi connectivity index (χ0) is 12.5. The zero-order valence-corrected chi connectivity index (χ0v) is 11.2. The molecule has 1 nitrogen and oxygen atoms in total. The lowest BCUT2D eigenvalue weighted by molar-refractivity contribution is -0.0495. The van der Waals surface area contributed by atoms with Crippen LogP contribution in [0.5, 0.6) is 0 Å². The van der Waals surface area contributed by atoms with Crippen molar-refractivity contribution in [2.24, 2.45) is 11.3 Å². The Morgan fingerprint density at radius 3 is 2.41 bits per heavy atom. The van der Waals surface area contributed by atoms with Gasteiger partial charge in [0.25, 0.3) is 0 Å². The lowest BCUT2D eigenvalue weighted by Crippen LogP contribution is -2.42. The van der Waals surface area contributed by atoms with Crippen LogP contribution in [-0.2, 0) is 6.42 Å². The maximum Gasteiger partial charge on any atom is 0.0627 e. The van der Waals surface area contributed by atoms with Crippen molar-refractivity contribution in [2.45, 2.75) is 52.1 Å². The van der Waals surface area contributed by atoms with Gasteiger partial charge in [-0.05, 0) is 49.5 Å². The smallest absolute Gasteiger partial charge is 0.0627 e. The minimum absolute atomic E-state index is 0.239. The van der Waals surface area contributed by atoms with E-state index in [1.807, 2.05) is 6.92 Å². The summed E-state index contributed by atoms with van der Waals surface area (Å²) in [5.74, 6) is 0.618. The second-order valence-electron chi connectivity index (χ2n) is 6.66. The largest absolute Gasteiger partial charge is 0.390 e. The maximum atomic E-state index is 10.4. The number of benzene rings is 1. The number of aliphatic hydroxyl groups is 1. The Bertz CT molecular complexity index is 368. The molecule has 0 amide bonds. The van der Waals surface area contributed by atoms with Gasteiger partial charge < -0.3 is 5.11 Å². The summed E-state index contributed by atoms with van der Waals surface area (Å²) in [6.07, 6.45) is 4.16. The van der Waals surface area contributed by atoms with E-state index in [0.29, 0.717) is 5.92 Å². The topological polar surface area (TPSA) is 20.2 Å². The number of hydrogen-bond donors (Lipinski definition) is 1. The molecule has 2 rings (SSSR count). The maximum absolute atomic E-state index is 10.4. The monoisotopic (exact) mass is 232 g/mol. The molecular formula is C16H24O. The van der Waals surface area contributed by atoms with Crippen LogP contribution in [0.4, 0.5) is 0 Å². The lowest BCUT2D eigenvalue weighted by atomic mass is 9.63. The molecule has 1 saturated carbocycles. The van der Waals surface area contributed by atoms with Gasteiger partial charge in [-0.25, -0.2) is 0 Å². The highest BCUT2D eigenvalue weighted by Crippen LogP contribution is 2.45. The Balaban J connectivity index is 2.13. The molecule has 17 heavy (non-hydrogen) atoms. The fraction of sp³-hybridized carbons (Fsp3) is 0.625. The van der Waals surface area contributed by atoms with Crippen LogP contribution in [0.25, 0.3) is 0 Å². The van der Waals surface area contributed by atoms with Crippen LogP contribution in [0.15, 0.2) is 30.3 Å². The van der Waals surface area contributed by atoms with E-state index in [4.69, 9.17) is 0 Å². The third-order valence-electron chi connectivity index (χ3n) is 3.91. The molecular weight excluding hydrogens is 208 g/mol. The van der Waals surface area contributed by atoms with E-state index in [-0.39, 0.29) is 5.41 Å². The molecule has 0 aromatic heterocycles. The molecule has 94 valence electrons. The van der Waals surface area contributed by atoms with Crippen molar-refractivity contribution in [3.05, 3.63) is 35.9 Å². The first-order chi connectivity index (χ1) is 7.89. The molecule has 1 aliphatic rings. The molecule has 0 heterocycles. The fourth-order valence-electron chi connectivity index (χ4n) is 3.95. The standard InChI is InChI=1S/C16H24O/c1-13-9-15(2,12-16(3,17)10-13)11-14-7-5-4-6-8-14/h4-8,13,17H,9-12H2,1-3H3. The molecule has 0 saturated heterocycles. The van der Waals surface area contributed by atoms with E-state index in [0.717, 1.165) is 19.3 Å². The highest BCUT2D eigenvalue weighted by molar-refractivity contribution is 5.17. The van der Waals surface area contributed by atoms with Gasteiger partial charge in [0.05, 0.1) is 5.60 Å². The summed E-state index contributed by atoms with van der Waals surface area (Å²) in [6, 6.07) is 10.6. The first-order valence-electron chi connectivity index (χ1n) is 6.65. The average molecular weight is 232 g/mol. The van der Waals surface area contributed by atoms with Crippen molar-refractivity contribution in [1.29, 1.82) is 0 Å². The second-order valence-corrected chi connectivity index (χ2v) is 6.66. The number of rotatable bonds is 2. The molecule has 0 radical (unpaired) electrons. The SMILES string of the molecule is CC1CC(C)(O)CC(C)(Cc2ccccc2)C1. The zero-order valence-electron chi connectivity index (χ0n) is 11.2. The van der Waals surface area contributed by atoms with Gasteiger partial charge >= 0.3 is 0 Å². The van der Waals surface area contributed by atoms with E-state index in [2.05, 4.69) is 44.2 Å². The summed E-state index contributed by atoms with van der Waals surface area (Å²) in [6.45, 7) is 6.58. The molecule has 0 spiro atoms. The van der Waals surface area contributed by atoms with Gasteiger partial charge in [0, 0.05) is 0 Å². The molecule has 0 bridgehead atoms. The summed E-state index contributed by atoms with van der Waals surface area (Å²) in [7, 11) is 0. The van der Waals surface area contributed by atoms with Crippen molar-refractivity contribution in [3.8, 4) is 0 Å². The summed E-state index contributed by atoms with van der Waals surface area (Å²) in [5, 5.41) is 10.4. The van der Waals surface area contributed by atoms with Crippen molar-refractivity contribution >= 4 is 0 Å². The van der Waals surface area contributed by atoms with Crippen molar-refractivity contribution in [1.82, 2.24) is 0 Å². The van der Waals surface area contributed by atoms with E-state index >= 15 is 0 Å². The molecule has 0 aliphatic heterocycles. The second kappa shape index (κ2) is 4.45. The minimum Gasteiger partial charge on any atom is -0.390 e. The van der Waals surface area contributed by atoms with Crippen LogP contribution < -0.4 is 0 Å². The summed E-state index contributed by atoms with van der Waals surface area (Å²) >= 11 is 0. The third-order valence-corrected chi connectivity index (χ3v) is 3.91. The van der Waals surface area contributed by atoms with Crippen LogP contribution in [0.3, 0.4) is 0 Å². The Morgan fingerprint density at radius 1 is 1.18 bits per heavy atom. The Morgan fingerprint density at radius 2 is 1.82 bits per heavy atom. The van der Waals surface area contributed by atoms with E-state index in [1.54, 1.807) is 0 Å². The van der Waals surface area contributed by atoms with E-state index in [1.165, 1.54) is 12.0 Å². The van der Waals surface area contributed by atoms with Crippen molar-refractivity contribution in [3.63, 3.8) is 0 Å². The first-order valence-corrected chi connectivity index (χ1v) is 6.65. The third kappa shape index (κ3) is 3.32. The Labute approximate surface area is 105 Å². The Kier molecular flexibility index (Phi) is 3.31. The molecule has 1 N–H and O–H groups in total. The lowest BCUT2D eigenvalue weighted by Gasteiger charge is -2.45. The highest BCUT2D eigenvalue weighted by atomic mass is 16.3. The fourth-order valence-corrected chi connectivity index (χ4v) is 3.95. The van der Waals surface area contributed by atoms with Crippen LogP contribution in [0, 0.1) is 11.3 Å². The van der Waals surface area contributed by atoms with Gasteiger partial charge in [0.15, 0.2) is 0 Å². The normalized spacial score (nSPS) is 38.0. The number of hydrogen-bond acceptors (Lipinski definition) is 1. The average Bonchev–Trinajstić information content (AvgIpc) is 2.13. The first kappa shape index (κ1) is 12.6. The Hall–Kier alpha value is -0.820. The quantitative estimate of drug-likeness (QED) is 0.822. The van der Waals surface area contributed by atoms with Crippen LogP contribution in [0.1, 0.15) is 45.6 Å². The molecule has 1 fully saturated rings. The predicted molar refractivity (Wildman–Crippen MR) is 71.9 cm³/mol. The van der Waals surface area contributed by atoms with Crippen LogP contribution in [0.2, 0.25) is 0 Å². The molecule has 3 atom stereocenters. The summed E-state index contributed by atoms with van der Waals surface area (Å²) < 4.78 is 0. The van der Waals surface area contributed by atoms with Crippen molar-refractivity contribution in [2.75, 3.05) is 0 Å². The van der Waals surface area contributed by atoms with Crippen LogP contribution in [-0.4, -0.2) is 10.7 Å². The van der Waals surface area contributed by atoms with Gasteiger partial charge in [-0.1, -0.05) is 44.2 Å². The van der Waals surface area contributed by atoms with Gasteiger partial charge in [0.1, 0.15) is 0 Å². The minimum atomic E-state index is -0.485. The van der Waals surface area contributed by atoms with Gasteiger partial charge in [-0.2, -0.15) is 0 Å². The van der Waals surface area contributed by atoms with Gasteiger partial charge in [-0.15, -0.1) is 0 Å². The summed E-state index contributed by atoms with van der Waals surface area (Å²) in [5.41, 5.74) is 1.14. The van der Waals surface area contributed by atoms with Crippen molar-refractivity contribution < 1.29 is 5.11 Å². The molecule has 3 unspecified atom stereocenters. The predicted octanol–water partition coefficient (Wildman–Crippen LogP) is 3.81. The highest BCUT2D eigenvalue weighted by Gasteiger charge is 2.40. The molecule has 1 aromatic carbocycles. The van der Waals surface area contributed by atoms with Gasteiger partial charge in [0.2, 0.25) is 0 Å². The summed E-state index contributed by atoms with van der Waals surface area (Å²) in [4.78, 5) is 0. The molecule has 1 aliphatic carbocycles. The van der Waals surface area contributed by atoms with Crippen LogP contribution >= 0.6 is 0 Å².